The SMILES string of the molecule is CCNC(=NCc1ccc(NC(=O)c2ccco2)cc1)NCCCN1CCCCC1C.I. The van der Waals surface area contributed by atoms with Crippen LogP contribution in [0.5, 0.6) is 0 Å². The van der Waals surface area contributed by atoms with Crippen molar-refractivity contribution in [2.75, 3.05) is 31.5 Å². The second kappa shape index (κ2) is 14.2. The lowest BCUT2D eigenvalue weighted by Gasteiger charge is -2.33. The molecule has 1 aliphatic rings. The third-order valence-corrected chi connectivity index (χ3v) is 5.58. The first kappa shape index (κ1) is 26.2. The first-order valence-electron chi connectivity index (χ1n) is 11.4. The number of nitrogens with zero attached hydrogens (tertiary/aromatic N) is 2. The van der Waals surface area contributed by atoms with E-state index in [1.807, 2.05) is 24.3 Å². The molecule has 8 heteroatoms. The molecule has 3 N–H and O–H groups in total. The van der Waals surface area contributed by atoms with E-state index < -0.39 is 0 Å². The number of aliphatic imine (C=N–C) groups is 1. The smallest absolute Gasteiger partial charge is 0.291 e. The molecule has 2 heterocycles. The van der Waals surface area contributed by atoms with E-state index >= 15 is 0 Å². The van der Waals surface area contributed by atoms with Crippen molar-refractivity contribution in [1.82, 2.24) is 15.5 Å². The van der Waals surface area contributed by atoms with Crippen molar-refractivity contribution in [1.29, 1.82) is 0 Å². The van der Waals surface area contributed by atoms with Crippen LogP contribution in [0, 0.1) is 0 Å². The maximum Gasteiger partial charge on any atom is 0.291 e. The van der Waals surface area contributed by atoms with E-state index in [2.05, 4.69) is 34.7 Å². The highest BCUT2D eigenvalue weighted by Gasteiger charge is 2.17. The Morgan fingerprint density at radius 1 is 1.19 bits per heavy atom. The topological polar surface area (TPSA) is 81.9 Å². The van der Waals surface area contributed by atoms with E-state index in [9.17, 15) is 4.79 Å². The normalized spacial score (nSPS) is 16.8. The quantitative estimate of drug-likeness (QED) is 0.185. The number of anilines is 1. The van der Waals surface area contributed by atoms with Crippen LogP contribution in [0.2, 0.25) is 0 Å². The van der Waals surface area contributed by atoms with Gasteiger partial charge in [-0.2, -0.15) is 0 Å². The third-order valence-electron chi connectivity index (χ3n) is 5.58. The number of rotatable bonds is 9. The first-order valence-corrected chi connectivity index (χ1v) is 11.4. The van der Waals surface area contributed by atoms with E-state index in [1.165, 1.54) is 32.1 Å². The molecule has 7 nitrogen and oxygen atoms in total. The van der Waals surface area contributed by atoms with Crippen LogP contribution >= 0.6 is 24.0 Å². The molecule has 0 radical (unpaired) electrons. The molecular formula is C24H36IN5O2. The van der Waals surface area contributed by atoms with Crippen LogP contribution in [0.3, 0.4) is 0 Å². The van der Waals surface area contributed by atoms with Crippen LogP contribution in [-0.2, 0) is 6.54 Å². The van der Waals surface area contributed by atoms with Gasteiger partial charge in [-0.15, -0.1) is 24.0 Å². The molecule has 1 aromatic carbocycles. The number of nitrogens with one attached hydrogen (secondary N) is 3. The van der Waals surface area contributed by atoms with Gasteiger partial charge in [-0.3, -0.25) is 4.79 Å². The van der Waals surface area contributed by atoms with E-state index in [1.54, 1.807) is 12.1 Å². The summed E-state index contributed by atoms with van der Waals surface area (Å²) < 4.78 is 5.11. The Labute approximate surface area is 208 Å². The number of carbonyl (C=O) groups is 1. The van der Waals surface area contributed by atoms with Gasteiger partial charge in [0.2, 0.25) is 0 Å². The van der Waals surface area contributed by atoms with Gasteiger partial charge in [0.05, 0.1) is 12.8 Å². The van der Waals surface area contributed by atoms with Crippen molar-refractivity contribution < 1.29 is 9.21 Å². The molecule has 0 bridgehead atoms. The van der Waals surface area contributed by atoms with Crippen molar-refractivity contribution in [2.24, 2.45) is 4.99 Å². The summed E-state index contributed by atoms with van der Waals surface area (Å²) in [6.45, 7) is 9.09. The van der Waals surface area contributed by atoms with Gasteiger partial charge in [-0.25, -0.2) is 4.99 Å². The summed E-state index contributed by atoms with van der Waals surface area (Å²) in [4.78, 5) is 19.3. The van der Waals surface area contributed by atoms with Gasteiger partial charge in [-0.1, -0.05) is 18.6 Å². The number of guanidine groups is 1. The summed E-state index contributed by atoms with van der Waals surface area (Å²) in [5, 5.41) is 9.58. The Bertz CT molecular complexity index is 823. The Hall–Kier alpha value is -2.07. The summed E-state index contributed by atoms with van der Waals surface area (Å²) in [5.74, 6) is 0.877. The molecule has 1 fully saturated rings. The lowest BCUT2D eigenvalue weighted by atomic mass is 10.0. The minimum Gasteiger partial charge on any atom is -0.459 e. The Morgan fingerprint density at radius 3 is 2.69 bits per heavy atom. The highest BCUT2D eigenvalue weighted by molar-refractivity contribution is 14.0. The van der Waals surface area contributed by atoms with Gasteiger partial charge >= 0.3 is 0 Å². The zero-order chi connectivity index (χ0) is 21.9. The maximum absolute atomic E-state index is 12.0. The van der Waals surface area contributed by atoms with Crippen LogP contribution in [0.1, 0.15) is 55.6 Å². The lowest BCUT2D eigenvalue weighted by Crippen LogP contribution is -2.41. The summed E-state index contributed by atoms with van der Waals surface area (Å²) in [6, 6.07) is 11.8. The number of likely N-dealkylation sites (tertiary alicyclic amines) is 1. The van der Waals surface area contributed by atoms with Crippen LogP contribution in [0.4, 0.5) is 5.69 Å². The maximum atomic E-state index is 12.0. The summed E-state index contributed by atoms with van der Waals surface area (Å²) in [5.41, 5.74) is 1.81. The van der Waals surface area contributed by atoms with Crippen LogP contribution in [-0.4, -0.2) is 49.0 Å². The van der Waals surface area contributed by atoms with Crippen molar-refractivity contribution in [3.05, 3.63) is 54.0 Å². The molecule has 1 aliphatic heterocycles. The minimum atomic E-state index is -0.256. The molecule has 3 rings (SSSR count). The highest BCUT2D eigenvalue weighted by atomic mass is 127. The standard InChI is InChI=1S/C24H35N5O2.HI/c1-3-25-24(26-14-7-16-29-15-5-4-8-19(29)2)27-18-20-10-12-21(13-11-20)28-23(30)22-9-6-17-31-22;/h6,9-13,17,19H,3-5,7-8,14-16,18H2,1-2H3,(H,28,30)(H2,25,26,27);1H. The molecule has 176 valence electrons. The van der Waals surface area contributed by atoms with Crippen LogP contribution < -0.4 is 16.0 Å². The number of amides is 1. The molecule has 0 saturated carbocycles. The number of hydrogen-bond donors (Lipinski definition) is 3. The highest BCUT2D eigenvalue weighted by Crippen LogP contribution is 2.16. The van der Waals surface area contributed by atoms with E-state index in [4.69, 9.17) is 9.41 Å². The molecule has 1 atom stereocenters. The predicted molar refractivity (Wildman–Crippen MR) is 141 cm³/mol. The average Bonchev–Trinajstić information content (AvgIpc) is 3.32. The fraction of sp³-hybridized carbons (Fsp3) is 0.500. The van der Waals surface area contributed by atoms with E-state index in [-0.39, 0.29) is 29.9 Å². The second-order valence-electron chi connectivity index (χ2n) is 7.98. The fourth-order valence-electron chi connectivity index (χ4n) is 3.78. The van der Waals surface area contributed by atoms with Gasteiger partial charge in [0.15, 0.2) is 11.7 Å². The molecule has 1 unspecified atom stereocenters. The van der Waals surface area contributed by atoms with Gasteiger partial charge in [0, 0.05) is 31.4 Å². The van der Waals surface area contributed by atoms with Gasteiger partial charge in [0.1, 0.15) is 0 Å². The van der Waals surface area contributed by atoms with Crippen LogP contribution in [0.25, 0.3) is 0 Å². The zero-order valence-corrected chi connectivity index (χ0v) is 21.4. The molecule has 0 aliphatic carbocycles. The Balaban J connectivity index is 0.00000363. The largest absolute Gasteiger partial charge is 0.459 e. The van der Waals surface area contributed by atoms with E-state index in [0.29, 0.717) is 18.3 Å². The molecular weight excluding hydrogens is 517 g/mol. The number of furan rings is 1. The van der Waals surface area contributed by atoms with Crippen LogP contribution in [0.15, 0.2) is 52.1 Å². The Morgan fingerprint density at radius 2 is 2.00 bits per heavy atom. The van der Waals surface area contributed by atoms with Crippen molar-refractivity contribution >= 4 is 41.5 Å². The van der Waals surface area contributed by atoms with Gasteiger partial charge in [0.25, 0.3) is 5.91 Å². The Kier molecular flexibility index (Phi) is 11.6. The van der Waals surface area contributed by atoms with E-state index in [0.717, 1.165) is 43.3 Å². The second-order valence-corrected chi connectivity index (χ2v) is 7.98. The van der Waals surface area contributed by atoms with Gasteiger partial charge in [-0.05, 0) is 69.5 Å². The summed E-state index contributed by atoms with van der Waals surface area (Å²) in [7, 11) is 0. The molecule has 1 aromatic heterocycles. The monoisotopic (exact) mass is 553 g/mol. The molecule has 1 amide bonds. The predicted octanol–water partition coefficient (Wildman–Crippen LogP) is 4.47. The number of halogens is 1. The minimum absolute atomic E-state index is 0. The van der Waals surface area contributed by atoms with Crippen molar-refractivity contribution in [3.63, 3.8) is 0 Å². The zero-order valence-electron chi connectivity index (χ0n) is 19.1. The summed E-state index contributed by atoms with van der Waals surface area (Å²) in [6.07, 6.45) is 6.61. The van der Waals surface area contributed by atoms with Gasteiger partial charge < -0.3 is 25.3 Å². The molecule has 32 heavy (non-hydrogen) atoms. The molecule has 1 saturated heterocycles. The lowest BCUT2D eigenvalue weighted by molar-refractivity contribution is 0.0996. The van der Waals surface area contributed by atoms with Crippen molar-refractivity contribution in [2.45, 2.75) is 52.1 Å². The number of piperidine rings is 1. The number of carbonyl (C=O) groups excluding carboxylic acids is 1. The summed E-state index contributed by atoms with van der Waals surface area (Å²) >= 11 is 0. The average molecular weight is 553 g/mol. The number of benzene rings is 1. The first-order chi connectivity index (χ1) is 15.2. The third kappa shape index (κ3) is 8.46. The fourth-order valence-corrected chi connectivity index (χ4v) is 3.78. The number of hydrogen-bond acceptors (Lipinski definition) is 4. The molecule has 2 aromatic rings. The molecule has 0 spiro atoms. The van der Waals surface area contributed by atoms with Crippen molar-refractivity contribution in [3.8, 4) is 0 Å².